The number of thiazole rings is 2. The van der Waals surface area contributed by atoms with Crippen LogP contribution in [0.3, 0.4) is 0 Å². The van der Waals surface area contributed by atoms with Crippen LogP contribution in [0.1, 0.15) is 37.0 Å². The molecule has 0 aliphatic carbocycles. The Labute approximate surface area is 231 Å². The zero-order chi connectivity index (χ0) is 27.6. The van der Waals surface area contributed by atoms with Crippen molar-refractivity contribution in [3.8, 4) is 11.1 Å². The minimum absolute atomic E-state index is 0.350. The van der Waals surface area contributed by atoms with E-state index in [0.717, 1.165) is 0 Å². The molecule has 3 amide bonds. The van der Waals surface area contributed by atoms with Gasteiger partial charge in [0.25, 0.3) is 5.91 Å². The van der Waals surface area contributed by atoms with Gasteiger partial charge in [0.1, 0.15) is 0 Å². The number of rotatable bonds is 7. The fourth-order valence-corrected chi connectivity index (χ4v) is 5.70. The number of benzene rings is 1. The third kappa shape index (κ3) is 5.66. The Morgan fingerprint density at radius 2 is 1.79 bits per heavy atom. The summed E-state index contributed by atoms with van der Waals surface area (Å²) < 4.78 is 0.618. The van der Waals surface area contributed by atoms with Gasteiger partial charge in [0, 0.05) is 49.2 Å². The second-order valence-electron chi connectivity index (χ2n) is 9.29. The van der Waals surface area contributed by atoms with Crippen molar-refractivity contribution < 1.29 is 19.5 Å². The van der Waals surface area contributed by atoms with Crippen molar-refractivity contribution in [3.63, 3.8) is 0 Å². The summed E-state index contributed by atoms with van der Waals surface area (Å²) in [6.07, 6.45) is 5.99. The number of piperidine rings is 1. The van der Waals surface area contributed by atoms with Crippen LogP contribution >= 0.6 is 22.7 Å². The largest absolute Gasteiger partial charge is 0.481 e. The Morgan fingerprint density at radius 3 is 2.44 bits per heavy atom. The molecule has 1 aromatic carbocycles. The number of nitrogens with one attached hydrogen (secondary N) is 3. The maximum atomic E-state index is 13.3. The normalized spacial score (nSPS) is 14.7. The lowest BCUT2D eigenvalue weighted by Crippen LogP contribution is -2.43. The molecule has 14 heteroatoms. The smallest absolute Gasteiger partial charge is 0.321 e. The van der Waals surface area contributed by atoms with Crippen molar-refractivity contribution in [1.82, 2.24) is 25.3 Å². The Balaban J connectivity index is 1.44. The SMILES string of the molecule is CCNC(=O)Nc1nc2cc(-c3cnc(N4CCC(C)(C(=O)O)CC4)nc3)cc(C(=O)Nc3nccs3)c2s1. The summed E-state index contributed by atoms with van der Waals surface area (Å²) in [6.45, 7) is 5.15. The Hall–Kier alpha value is -4.17. The monoisotopic (exact) mass is 566 g/mol. The first-order chi connectivity index (χ1) is 18.8. The number of carbonyl (C=O) groups excluding carboxylic acids is 2. The van der Waals surface area contributed by atoms with Crippen molar-refractivity contribution in [3.05, 3.63) is 41.7 Å². The molecule has 1 saturated heterocycles. The number of anilines is 3. The van der Waals surface area contributed by atoms with Gasteiger partial charge in [-0.1, -0.05) is 11.3 Å². The number of hydrogen-bond donors (Lipinski definition) is 4. The molecule has 39 heavy (non-hydrogen) atoms. The third-order valence-electron chi connectivity index (χ3n) is 6.58. The lowest BCUT2D eigenvalue weighted by molar-refractivity contribution is -0.149. The van der Waals surface area contributed by atoms with Gasteiger partial charge in [-0.15, -0.1) is 11.3 Å². The molecule has 0 bridgehead atoms. The van der Waals surface area contributed by atoms with Gasteiger partial charge in [-0.25, -0.2) is 24.7 Å². The maximum Gasteiger partial charge on any atom is 0.321 e. The van der Waals surface area contributed by atoms with E-state index in [9.17, 15) is 19.5 Å². The molecule has 4 aromatic rings. The lowest BCUT2D eigenvalue weighted by atomic mass is 9.80. The molecule has 12 nitrogen and oxygen atoms in total. The van der Waals surface area contributed by atoms with E-state index in [1.54, 1.807) is 37.0 Å². The van der Waals surface area contributed by atoms with Gasteiger partial charge in [0.15, 0.2) is 10.3 Å². The van der Waals surface area contributed by atoms with Gasteiger partial charge in [-0.05, 0) is 44.4 Å². The van der Waals surface area contributed by atoms with Gasteiger partial charge in [0.2, 0.25) is 5.95 Å². The van der Waals surface area contributed by atoms with Crippen LogP contribution in [0.5, 0.6) is 0 Å². The molecule has 0 radical (unpaired) electrons. The first-order valence-corrected chi connectivity index (χ1v) is 14.0. The van der Waals surface area contributed by atoms with Crippen LogP contribution < -0.4 is 20.9 Å². The van der Waals surface area contributed by atoms with E-state index in [0.29, 0.717) is 75.6 Å². The summed E-state index contributed by atoms with van der Waals surface area (Å²) in [6, 6.07) is 3.19. The van der Waals surface area contributed by atoms with E-state index in [1.165, 1.54) is 22.7 Å². The molecule has 0 saturated carbocycles. The molecule has 202 valence electrons. The molecule has 1 fully saturated rings. The first-order valence-electron chi connectivity index (χ1n) is 12.3. The molecule has 5 rings (SSSR count). The second kappa shape index (κ2) is 10.9. The standard InChI is InChI=1S/C25H26N8O4S2/c1-3-26-22(37)32-24-30-17-11-14(10-16(18(17)39-24)19(34)31-23-27-6-9-38-23)15-12-28-21(29-13-15)33-7-4-25(2,5-8-33)20(35)36/h6,9-13H,3-5,7-8H2,1-2H3,(H,35,36)(H,27,31,34)(H2,26,30,32,37). The fourth-order valence-electron chi connectivity index (χ4n) is 4.22. The zero-order valence-corrected chi connectivity index (χ0v) is 22.9. The highest BCUT2D eigenvalue weighted by molar-refractivity contribution is 7.22. The number of aromatic nitrogens is 4. The van der Waals surface area contributed by atoms with E-state index in [-0.39, 0.29) is 11.9 Å². The molecule has 0 spiro atoms. The Morgan fingerprint density at radius 1 is 1.05 bits per heavy atom. The number of carboxylic acid groups (broad SMARTS) is 1. The van der Waals surface area contributed by atoms with Gasteiger partial charge in [-0.2, -0.15) is 0 Å². The topological polar surface area (TPSA) is 162 Å². The van der Waals surface area contributed by atoms with E-state index in [4.69, 9.17) is 0 Å². The van der Waals surface area contributed by atoms with Gasteiger partial charge in [-0.3, -0.25) is 20.2 Å². The minimum Gasteiger partial charge on any atom is -0.481 e. The van der Waals surface area contributed by atoms with Crippen LogP contribution in [-0.2, 0) is 4.79 Å². The Bertz CT molecular complexity index is 1510. The van der Waals surface area contributed by atoms with Crippen LogP contribution in [-0.4, -0.2) is 62.6 Å². The molecule has 1 aliphatic heterocycles. The van der Waals surface area contributed by atoms with E-state index < -0.39 is 11.4 Å². The number of amides is 3. The summed E-state index contributed by atoms with van der Waals surface area (Å²) in [5, 5.41) is 20.3. The summed E-state index contributed by atoms with van der Waals surface area (Å²) in [5.74, 6) is -0.608. The third-order valence-corrected chi connectivity index (χ3v) is 8.29. The van der Waals surface area contributed by atoms with Gasteiger partial charge < -0.3 is 15.3 Å². The van der Waals surface area contributed by atoms with Gasteiger partial charge in [0.05, 0.1) is 21.2 Å². The van der Waals surface area contributed by atoms with Crippen LogP contribution in [0.25, 0.3) is 21.3 Å². The summed E-state index contributed by atoms with van der Waals surface area (Å²) in [7, 11) is 0. The molecule has 3 aromatic heterocycles. The highest BCUT2D eigenvalue weighted by atomic mass is 32.1. The number of carboxylic acids is 1. The predicted molar refractivity (Wildman–Crippen MR) is 151 cm³/mol. The molecule has 1 aliphatic rings. The van der Waals surface area contributed by atoms with Gasteiger partial charge >= 0.3 is 12.0 Å². The predicted octanol–water partition coefficient (Wildman–Crippen LogP) is 4.29. The lowest BCUT2D eigenvalue weighted by Gasteiger charge is -2.36. The van der Waals surface area contributed by atoms with Crippen LogP contribution in [0, 0.1) is 5.41 Å². The second-order valence-corrected chi connectivity index (χ2v) is 11.2. The molecular weight excluding hydrogens is 540 g/mol. The minimum atomic E-state index is -0.783. The molecule has 0 unspecified atom stereocenters. The zero-order valence-electron chi connectivity index (χ0n) is 21.2. The van der Waals surface area contributed by atoms with E-state index >= 15 is 0 Å². The Kier molecular flexibility index (Phi) is 7.39. The average molecular weight is 567 g/mol. The number of urea groups is 1. The number of carbonyl (C=O) groups is 3. The van der Waals surface area contributed by atoms with E-state index in [1.807, 2.05) is 17.9 Å². The highest BCUT2D eigenvalue weighted by Crippen LogP contribution is 2.35. The number of fused-ring (bicyclic) bond motifs is 1. The number of hydrogen-bond acceptors (Lipinski definition) is 10. The quantitative estimate of drug-likeness (QED) is 0.255. The van der Waals surface area contributed by atoms with Crippen molar-refractivity contribution in [2.75, 3.05) is 35.2 Å². The van der Waals surface area contributed by atoms with Crippen LogP contribution in [0.4, 0.5) is 21.0 Å². The molecule has 4 N–H and O–H groups in total. The van der Waals surface area contributed by atoms with Crippen LogP contribution in [0.2, 0.25) is 0 Å². The van der Waals surface area contributed by atoms with Crippen molar-refractivity contribution >= 4 is 67.0 Å². The van der Waals surface area contributed by atoms with Crippen LogP contribution in [0.15, 0.2) is 36.1 Å². The number of aliphatic carboxylic acids is 1. The van der Waals surface area contributed by atoms with Crippen molar-refractivity contribution in [2.24, 2.45) is 5.41 Å². The summed E-state index contributed by atoms with van der Waals surface area (Å²) in [4.78, 5) is 56.6. The molecule has 0 atom stereocenters. The van der Waals surface area contributed by atoms with Crippen molar-refractivity contribution in [2.45, 2.75) is 26.7 Å². The molecular formula is C25H26N8O4S2. The highest BCUT2D eigenvalue weighted by Gasteiger charge is 2.37. The van der Waals surface area contributed by atoms with E-state index in [2.05, 4.69) is 35.9 Å². The first kappa shape index (κ1) is 26.4. The maximum absolute atomic E-state index is 13.3. The fraction of sp³-hybridized carbons (Fsp3) is 0.320. The van der Waals surface area contributed by atoms with Crippen molar-refractivity contribution in [1.29, 1.82) is 0 Å². The summed E-state index contributed by atoms with van der Waals surface area (Å²) >= 11 is 2.52. The number of nitrogens with zero attached hydrogens (tertiary/aromatic N) is 5. The molecule has 4 heterocycles. The average Bonchev–Trinajstić information content (AvgIpc) is 3.58. The summed E-state index contributed by atoms with van der Waals surface area (Å²) in [5.41, 5.74) is 1.56.